The van der Waals surface area contributed by atoms with Crippen LogP contribution in [0.5, 0.6) is 0 Å². The van der Waals surface area contributed by atoms with Gasteiger partial charge in [-0.3, -0.25) is 0 Å². The minimum atomic E-state index is -0.250. The van der Waals surface area contributed by atoms with Crippen LogP contribution in [0.25, 0.3) is 20.2 Å². The molecule has 0 N–H and O–H groups in total. The first-order valence-corrected chi connectivity index (χ1v) is 10.5. The molecule has 0 saturated heterocycles. The van der Waals surface area contributed by atoms with E-state index in [0.717, 1.165) is 21.5 Å². The zero-order valence-electron chi connectivity index (χ0n) is 14.8. The van der Waals surface area contributed by atoms with Crippen molar-refractivity contribution in [3.63, 3.8) is 0 Å². The highest BCUT2D eigenvalue weighted by atomic mass is 79.9. The fourth-order valence-electron chi connectivity index (χ4n) is 3.54. The Morgan fingerprint density at radius 3 is 2.25 bits per heavy atom. The van der Waals surface area contributed by atoms with Crippen LogP contribution in [-0.2, 0) is 0 Å². The van der Waals surface area contributed by atoms with Crippen LogP contribution in [0.1, 0.15) is 0 Å². The van der Waals surface area contributed by atoms with E-state index in [0.29, 0.717) is 0 Å². The quantitative estimate of drug-likeness (QED) is 0.268. The number of anilines is 3. The van der Waals surface area contributed by atoms with Gasteiger partial charge in [0.25, 0.3) is 0 Å². The largest absolute Gasteiger partial charge is 0.310 e. The van der Waals surface area contributed by atoms with E-state index in [1.54, 1.807) is 23.5 Å². The molecule has 0 radical (unpaired) electrons. The minimum absolute atomic E-state index is 0.250. The lowest BCUT2D eigenvalue weighted by atomic mass is 10.1. The molecule has 0 aliphatic carbocycles. The summed E-state index contributed by atoms with van der Waals surface area (Å²) in [5.74, 6) is -0.250. The normalized spacial score (nSPS) is 11.2. The molecule has 1 heterocycles. The number of hydrogen-bond acceptors (Lipinski definition) is 2. The average molecular weight is 448 g/mol. The molecule has 0 fully saturated rings. The third-order valence-corrected chi connectivity index (χ3v) is 6.86. The van der Waals surface area contributed by atoms with Crippen molar-refractivity contribution in [1.82, 2.24) is 0 Å². The summed E-state index contributed by atoms with van der Waals surface area (Å²) in [5.41, 5.74) is 2.76. The van der Waals surface area contributed by atoms with Gasteiger partial charge in [0.15, 0.2) is 0 Å². The molecule has 0 bridgehead atoms. The molecular formula is C24H15BrFNS. The number of rotatable bonds is 3. The second-order valence-electron chi connectivity index (χ2n) is 6.55. The Kier molecular flexibility index (Phi) is 4.38. The van der Waals surface area contributed by atoms with E-state index < -0.39 is 0 Å². The van der Waals surface area contributed by atoms with E-state index in [9.17, 15) is 4.39 Å². The van der Waals surface area contributed by atoms with Crippen molar-refractivity contribution in [1.29, 1.82) is 0 Å². The Labute approximate surface area is 174 Å². The maximum Gasteiger partial charge on any atom is 0.125 e. The molecular weight excluding hydrogens is 433 g/mol. The second-order valence-corrected chi connectivity index (χ2v) is 8.46. The smallest absolute Gasteiger partial charge is 0.125 e. The number of thiophene rings is 1. The first-order chi connectivity index (χ1) is 13.7. The Bertz CT molecular complexity index is 1300. The van der Waals surface area contributed by atoms with Crippen molar-refractivity contribution >= 4 is 64.5 Å². The fraction of sp³-hybridized carbons (Fsp3) is 0. The van der Waals surface area contributed by atoms with E-state index in [1.807, 2.05) is 36.4 Å². The highest BCUT2D eigenvalue weighted by Crippen LogP contribution is 2.43. The van der Waals surface area contributed by atoms with Gasteiger partial charge in [-0.05, 0) is 64.5 Å². The van der Waals surface area contributed by atoms with E-state index in [-0.39, 0.29) is 5.82 Å². The Hall–Kier alpha value is -2.69. The fourth-order valence-corrected chi connectivity index (χ4v) is 5.32. The predicted octanol–water partition coefficient (Wildman–Crippen LogP) is 8.43. The molecule has 136 valence electrons. The molecule has 0 atom stereocenters. The number of benzene rings is 4. The maximum absolute atomic E-state index is 14.0. The molecule has 4 aromatic carbocycles. The van der Waals surface area contributed by atoms with Gasteiger partial charge in [0.05, 0.1) is 0 Å². The molecule has 5 aromatic rings. The van der Waals surface area contributed by atoms with Gasteiger partial charge in [-0.1, -0.05) is 42.5 Å². The van der Waals surface area contributed by atoms with Gasteiger partial charge in [0, 0.05) is 41.7 Å². The molecule has 4 heteroatoms. The molecule has 1 nitrogen and oxygen atoms in total. The van der Waals surface area contributed by atoms with Gasteiger partial charge in [-0.2, -0.15) is 0 Å². The third kappa shape index (κ3) is 2.99. The lowest BCUT2D eigenvalue weighted by Crippen LogP contribution is -2.10. The van der Waals surface area contributed by atoms with E-state index in [2.05, 4.69) is 57.2 Å². The topological polar surface area (TPSA) is 3.24 Å². The highest BCUT2D eigenvalue weighted by molar-refractivity contribution is 9.10. The average Bonchev–Trinajstić information content (AvgIpc) is 3.09. The summed E-state index contributed by atoms with van der Waals surface area (Å²) in [6.45, 7) is 0. The summed E-state index contributed by atoms with van der Waals surface area (Å²) in [4.78, 5) is 2.08. The third-order valence-electron chi connectivity index (χ3n) is 4.76. The first kappa shape index (κ1) is 17.4. The van der Waals surface area contributed by atoms with E-state index in [4.69, 9.17) is 0 Å². The SMILES string of the molecule is Fc1cccc(N(c2ccccc2)c2cc(Br)c3sc4ccccc4c3c2)c1. The van der Waals surface area contributed by atoms with Crippen LogP contribution < -0.4 is 4.90 Å². The van der Waals surface area contributed by atoms with E-state index in [1.165, 1.54) is 26.2 Å². The highest BCUT2D eigenvalue weighted by Gasteiger charge is 2.16. The molecule has 0 aliphatic heterocycles. The number of para-hydroxylation sites is 1. The number of nitrogens with zero attached hydrogens (tertiary/aromatic N) is 1. The summed E-state index contributed by atoms with van der Waals surface area (Å²) >= 11 is 5.54. The molecule has 5 rings (SSSR count). The molecule has 1 aromatic heterocycles. The Balaban J connectivity index is 1.79. The Morgan fingerprint density at radius 2 is 1.43 bits per heavy atom. The monoisotopic (exact) mass is 447 g/mol. The van der Waals surface area contributed by atoms with Gasteiger partial charge in [-0.25, -0.2) is 4.39 Å². The van der Waals surface area contributed by atoms with Gasteiger partial charge in [0.2, 0.25) is 0 Å². The van der Waals surface area contributed by atoms with Crippen molar-refractivity contribution in [2.24, 2.45) is 0 Å². The summed E-state index contributed by atoms with van der Waals surface area (Å²) in [5, 5.41) is 2.43. The van der Waals surface area contributed by atoms with Crippen molar-refractivity contribution in [2.45, 2.75) is 0 Å². The molecule has 0 aliphatic rings. The summed E-state index contributed by atoms with van der Waals surface area (Å²) in [7, 11) is 0. The lowest BCUT2D eigenvalue weighted by molar-refractivity contribution is 0.628. The van der Waals surface area contributed by atoms with Crippen LogP contribution >= 0.6 is 27.3 Å². The van der Waals surface area contributed by atoms with Crippen LogP contribution in [0.4, 0.5) is 21.5 Å². The molecule has 28 heavy (non-hydrogen) atoms. The summed E-state index contributed by atoms with van der Waals surface area (Å²) in [6, 6.07) is 29.5. The van der Waals surface area contributed by atoms with Crippen LogP contribution in [0.3, 0.4) is 0 Å². The number of hydrogen-bond donors (Lipinski definition) is 0. The standard InChI is InChI=1S/C24H15BrFNS/c25-22-15-19(14-21-20-11-4-5-12-23(20)28-24(21)22)27(17-8-2-1-3-9-17)18-10-6-7-16(26)13-18/h1-15H. The molecule has 0 amide bonds. The first-order valence-electron chi connectivity index (χ1n) is 8.92. The second kappa shape index (κ2) is 7.04. The minimum Gasteiger partial charge on any atom is -0.310 e. The van der Waals surface area contributed by atoms with Crippen LogP contribution in [-0.4, -0.2) is 0 Å². The zero-order valence-corrected chi connectivity index (χ0v) is 17.2. The summed E-state index contributed by atoms with van der Waals surface area (Å²) < 4.78 is 17.5. The lowest BCUT2D eigenvalue weighted by Gasteiger charge is -2.26. The number of halogens is 2. The van der Waals surface area contributed by atoms with Gasteiger partial charge in [-0.15, -0.1) is 11.3 Å². The van der Waals surface area contributed by atoms with Crippen molar-refractivity contribution in [3.05, 3.63) is 101 Å². The maximum atomic E-state index is 14.0. The van der Waals surface area contributed by atoms with Crippen molar-refractivity contribution in [3.8, 4) is 0 Å². The van der Waals surface area contributed by atoms with Gasteiger partial charge in [0.1, 0.15) is 5.82 Å². The van der Waals surface area contributed by atoms with Crippen molar-refractivity contribution < 1.29 is 4.39 Å². The predicted molar refractivity (Wildman–Crippen MR) is 122 cm³/mol. The molecule has 0 spiro atoms. The zero-order chi connectivity index (χ0) is 19.1. The van der Waals surface area contributed by atoms with Crippen LogP contribution in [0, 0.1) is 5.82 Å². The van der Waals surface area contributed by atoms with Gasteiger partial charge < -0.3 is 4.90 Å². The van der Waals surface area contributed by atoms with Crippen LogP contribution in [0.2, 0.25) is 0 Å². The molecule has 0 unspecified atom stereocenters. The van der Waals surface area contributed by atoms with Crippen LogP contribution in [0.15, 0.2) is 95.5 Å². The summed E-state index contributed by atoms with van der Waals surface area (Å²) in [6.07, 6.45) is 0. The number of fused-ring (bicyclic) bond motifs is 3. The van der Waals surface area contributed by atoms with Crippen molar-refractivity contribution in [2.75, 3.05) is 4.90 Å². The Morgan fingerprint density at radius 1 is 0.679 bits per heavy atom. The molecule has 0 saturated carbocycles. The van der Waals surface area contributed by atoms with E-state index >= 15 is 0 Å². The van der Waals surface area contributed by atoms with Gasteiger partial charge >= 0.3 is 0 Å².